The Kier molecular flexibility index (Phi) is 7.17. The SMILES string of the molecule is CCCN(CCC)C(=O)[C@H]1CCCCN1C(=O)OC(C)(C)C. The Morgan fingerprint density at radius 2 is 1.73 bits per heavy atom. The van der Waals surface area contributed by atoms with Crippen molar-refractivity contribution in [2.24, 2.45) is 0 Å². The summed E-state index contributed by atoms with van der Waals surface area (Å²) in [5, 5.41) is 0. The molecule has 22 heavy (non-hydrogen) atoms. The van der Waals surface area contributed by atoms with E-state index in [1.54, 1.807) is 4.90 Å². The number of amides is 2. The molecule has 0 unspecified atom stereocenters. The van der Waals surface area contributed by atoms with Crippen LogP contribution in [0.25, 0.3) is 0 Å². The number of carbonyl (C=O) groups excluding carboxylic acids is 2. The zero-order valence-electron chi connectivity index (χ0n) is 14.9. The molecule has 5 heteroatoms. The largest absolute Gasteiger partial charge is 0.444 e. The van der Waals surface area contributed by atoms with E-state index in [9.17, 15) is 9.59 Å². The smallest absolute Gasteiger partial charge is 0.410 e. The molecule has 0 aromatic rings. The van der Waals surface area contributed by atoms with Gasteiger partial charge in [0.1, 0.15) is 11.6 Å². The van der Waals surface area contributed by atoms with Crippen LogP contribution in [0.15, 0.2) is 0 Å². The number of nitrogens with zero attached hydrogens (tertiary/aromatic N) is 2. The van der Waals surface area contributed by atoms with Crippen molar-refractivity contribution in [2.75, 3.05) is 19.6 Å². The van der Waals surface area contributed by atoms with Gasteiger partial charge in [0.2, 0.25) is 5.91 Å². The van der Waals surface area contributed by atoms with E-state index in [-0.39, 0.29) is 18.0 Å². The van der Waals surface area contributed by atoms with Gasteiger partial charge in [-0.1, -0.05) is 13.8 Å². The van der Waals surface area contributed by atoms with Gasteiger partial charge < -0.3 is 9.64 Å². The van der Waals surface area contributed by atoms with Crippen LogP contribution in [0.5, 0.6) is 0 Å². The van der Waals surface area contributed by atoms with E-state index in [2.05, 4.69) is 13.8 Å². The predicted molar refractivity (Wildman–Crippen MR) is 87.7 cm³/mol. The molecule has 1 saturated heterocycles. The lowest BCUT2D eigenvalue weighted by Gasteiger charge is -2.38. The van der Waals surface area contributed by atoms with Crippen LogP contribution in [0.3, 0.4) is 0 Å². The minimum Gasteiger partial charge on any atom is -0.444 e. The molecule has 128 valence electrons. The van der Waals surface area contributed by atoms with E-state index in [4.69, 9.17) is 4.74 Å². The molecule has 1 aliphatic rings. The van der Waals surface area contributed by atoms with E-state index in [0.717, 1.165) is 45.2 Å². The number of rotatable bonds is 5. The maximum atomic E-state index is 12.8. The molecule has 5 nitrogen and oxygen atoms in total. The summed E-state index contributed by atoms with van der Waals surface area (Å²) in [7, 11) is 0. The first kappa shape index (κ1) is 18.8. The van der Waals surface area contributed by atoms with Gasteiger partial charge in [-0.05, 0) is 52.9 Å². The quantitative estimate of drug-likeness (QED) is 0.781. The Morgan fingerprint density at radius 1 is 1.14 bits per heavy atom. The molecule has 0 aromatic heterocycles. The molecule has 1 atom stereocenters. The molecule has 0 spiro atoms. The van der Waals surface area contributed by atoms with Gasteiger partial charge in [-0.25, -0.2) is 4.79 Å². The third-order valence-electron chi connectivity index (χ3n) is 3.71. The van der Waals surface area contributed by atoms with Gasteiger partial charge in [-0.15, -0.1) is 0 Å². The average molecular weight is 312 g/mol. The summed E-state index contributed by atoms with van der Waals surface area (Å²) in [4.78, 5) is 28.8. The fraction of sp³-hybridized carbons (Fsp3) is 0.882. The molecule has 0 aliphatic carbocycles. The van der Waals surface area contributed by atoms with Gasteiger partial charge in [0.15, 0.2) is 0 Å². The van der Waals surface area contributed by atoms with Crippen molar-refractivity contribution in [1.29, 1.82) is 0 Å². The summed E-state index contributed by atoms with van der Waals surface area (Å²) in [6.07, 6.45) is 4.17. The van der Waals surface area contributed by atoms with Gasteiger partial charge >= 0.3 is 6.09 Å². The Hall–Kier alpha value is -1.26. The maximum Gasteiger partial charge on any atom is 0.410 e. The second kappa shape index (κ2) is 8.39. The molecular formula is C17H32N2O3. The second-order valence-corrected chi connectivity index (χ2v) is 7.01. The molecule has 2 amide bonds. The first-order valence-electron chi connectivity index (χ1n) is 8.58. The molecule has 0 saturated carbocycles. The predicted octanol–water partition coefficient (Wildman–Crippen LogP) is 3.42. The van der Waals surface area contributed by atoms with Crippen molar-refractivity contribution < 1.29 is 14.3 Å². The first-order chi connectivity index (χ1) is 10.3. The summed E-state index contributed by atoms with van der Waals surface area (Å²) in [5.74, 6) is 0.0780. The normalized spacial score (nSPS) is 19.0. The summed E-state index contributed by atoms with van der Waals surface area (Å²) in [5.41, 5.74) is -0.533. The highest BCUT2D eigenvalue weighted by Gasteiger charge is 2.36. The highest BCUT2D eigenvalue weighted by Crippen LogP contribution is 2.22. The first-order valence-corrected chi connectivity index (χ1v) is 8.58. The molecule has 0 aromatic carbocycles. The standard InChI is InChI=1S/C17H32N2O3/c1-6-11-18(12-7-2)15(20)14-10-8-9-13-19(14)16(21)22-17(3,4)5/h14H,6-13H2,1-5H3/t14-/m1/s1. The van der Waals surface area contributed by atoms with E-state index >= 15 is 0 Å². The monoisotopic (exact) mass is 312 g/mol. The minimum atomic E-state index is -0.533. The summed E-state index contributed by atoms with van der Waals surface area (Å²) >= 11 is 0. The van der Waals surface area contributed by atoms with Crippen LogP contribution < -0.4 is 0 Å². The van der Waals surface area contributed by atoms with Crippen molar-refractivity contribution in [1.82, 2.24) is 9.80 Å². The van der Waals surface area contributed by atoms with Crippen molar-refractivity contribution in [3.8, 4) is 0 Å². The van der Waals surface area contributed by atoms with E-state index in [0.29, 0.717) is 6.54 Å². The second-order valence-electron chi connectivity index (χ2n) is 7.01. The van der Waals surface area contributed by atoms with Crippen LogP contribution in [0, 0.1) is 0 Å². The molecule has 1 rings (SSSR count). The van der Waals surface area contributed by atoms with Gasteiger partial charge in [-0.3, -0.25) is 9.69 Å². The summed E-state index contributed by atoms with van der Waals surface area (Å²) in [6.45, 7) is 11.8. The van der Waals surface area contributed by atoms with E-state index in [1.165, 1.54) is 0 Å². The molecular weight excluding hydrogens is 280 g/mol. The maximum absolute atomic E-state index is 12.8. The summed E-state index contributed by atoms with van der Waals surface area (Å²) < 4.78 is 5.47. The van der Waals surface area contributed by atoms with Crippen molar-refractivity contribution in [3.05, 3.63) is 0 Å². The van der Waals surface area contributed by atoms with Crippen LogP contribution in [0.1, 0.15) is 66.7 Å². The molecule has 1 heterocycles. The van der Waals surface area contributed by atoms with Crippen LogP contribution in [-0.2, 0) is 9.53 Å². The number of hydrogen-bond donors (Lipinski definition) is 0. The Morgan fingerprint density at radius 3 is 2.23 bits per heavy atom. The molecule has 0 bridgehead atoms. The number of piperidine rings is 1. The van der Waals surface area contributed by atoms with E-state index < -0.39 is 5.60 Å². The topological polar surface area (TPSA) is 49.9 Å². The summed E-state index contributed by atoms with van der Waals surface area (Å²) in [6, 6.07) is -0.360. The zero-order valence-corrected chi connectivity index (χ0v) is 14.9. The van der Waals surface area contributed by atoms with E-state index in [1.807, 2.05) is 25.7 Å². The Bertz CT molecular complexity index is 371. The molecule has 0 radical (unpaired) electrons. The van der Waals surface area contributed by atoms with Crippen molar-refractivity contribution in [2.45, 2.75) is 78.4 Å². The molecule has 0 N–H and O–H groups in total. The third-order valence-corrected chi connectivity index (χ3v) is 3.71. The molecule has 1 aliphatic heterocycles. The Labute approximate surface area is 135 Å². The zero-order chi connectivity index (χ0) is 16.8. The van der Waals surface area contributed by atoms with Gasteiger partial charge in [0, 0.05) is 19.6 Å². The lowest BCUT2D eigenvalue weighted by molar-refractivity contribution is -0.138. The van der Waals surface area contributed by atoms with Gasteiger partial charge in [0.25, 0.3) is 0 Å². The number of carbonyl (C=O) groups is 2. The fourth-order valence-electron chi connectivity index (χ4n) is 2.81. The van der Waals surface area contributed by atoms with Gasteiger partial charge in [-0.2, -0.15) is 0 Å². The van der Waals surface area contributed by atoms with Crippen LogP contribution in [-0.4, -0.2) is 53.1 Å². The lowest BCUT2D eigenvalue weighted by atomic mass is 10.0. The molecule has 1 fully saturated rings. The minimum absolute atomic E-state index is 0.0780. The average Bonchev–Trinajstić information content (AvgIpc) is 2.44. The number of hydrogen-bond acceptors (Lipinski definition) is 3. The third kappa shape index (κ3) is 5.50. The van der Waals surface area contributed by atoms with Crippen molar-refractivity contribution in [3.63, 3.8) is 0 Å². The fourth-order valence-corrected chi connectivity index (χ4v) is 2.81. The van der Waals surface area contributed by atoms with Gasteiger partial charge in [0.05, 0.1) is 0 Å². The highest BCUT2D eigenvalue weighted by molar-refractivity contribution is 5.86. The van der Waals surface area contributed by atoms with Crippen LogP contribution >= 0.6 is 0 Å². The number of likely N-dealkylation sites (tertiary alicyclic amines) is 1. The van der Waals surface area contributed by atoms with Crippen LogP contribution in [0.2, 0.25) is 0 Å². The van der Waals surface area contributed by atoms with Crippen LogP contribution in [0.4, 0.5) is 4.79 Å². The highest BCUT2D eigenvalue weighted by atomic mass is 16.6. The Balaban J connectivity index is 2.83. The number of ether oxygens (including phenoxy) is 1. The van der Waals surface area contributed by atoms with Crippen molar-refractivity contribution >= 4 is 12.0 Å². The lowest BCUT2D eigenvalue weighted by Crippen LogP contribution is -2.54.